The maximum absolute atomic E-state index is 12.2. The van der Waals surface area contributed by atoms with Gasteiger partial charge in [0.2, 0.25) is 5.91 Å². The number of carbonyl (C=O) groups excluding carboxylic acids is 1. The van der Waals surface area contributed by atoms with Crippen molar-refractivity contribution in [1.29, 1.82) is 0 Å². The van der Waals surface area contributed by atoms with Crippen LogP contribution >= 0.6 is 0 Å². The molecule has 20 heavy (non-hydrogen) atoms. The Kier molecular flexibility index (Phi) is 4.20. The fourth-order valence-electron chi connectivity index (χ4n) is 2.26. The standard InChI is InChI=1S/C14H17F3N2O/c1-19-8-6-12(13(19)20)18-11-4-2-3-10(9-11)5-7-14(15,16)17/h2-4,9,12,18H,5-8H2,1H3. The Balaban J connectivity index is 1.98. The lowest BCUT2D eigenvalue weighted by molar-refractivity contribution is -0.134. The van der Waals surface area contributed by atoms with Crippen molar-refractivity contribution in [2.24, 2.45) is 0 Å². The van der Waals surface area contributed by atoms with E-state index in [1.165, 1.54) is 0 Å². The molecule has 0 bridgehead atoms. The summed E-state index contributed by atoms with van der Waals surface area (Å²) >= 11 is 0. The zero-order chi connectivity index (χ0) is 14.8. The van der Waals surface area contributed by atoms with Crippen molar-refractivity contribution in [2.45, 2.75) is 31.5 Å². The summed E-state index contributed by atoms with van der Waals surface area (Å²) in [6, 6.07) is 6.54. The van der Waals surface area contributed by atoms with Crippen LogP contribution in [0, 0.1) is 0 Å². The van der Waals surface area contributed by atoms with Crippen molar-refractivity contribution < 1.29 is 18.0 Å². The van der Waals surface area contributed by atoms with Crippen molar-refractivity contribution in [3.8, 4) is 0 Å². The van der Waals surface area contributed by atoms with E-state index in [0.717, 1.165) is 0 Å². The van der Waals surface area contributed by atoms with E-state index in [1.807, 2.05) is 0 Å². The van der Waals surface area contributed by atoms with Crippen LogP contribution in [0.5, 0.6) is 0 Å². The second-order valence-corrected chi connectivity index (χ2v) is 5.06. The maximum Gasteiger partial charge on any atom is 0.389 e. The number of likely N-dealkylation sites (N-methyl/N-ethyl adjacent to an activating group) is 1. The predicted molar refractivity (Wildman–Crippen MR) is 70.5 cm³/mol. The lowest BCUT2D eigenvalue weighted by Gasteiger charge is -2.14. The topological polar surface area (TPSA) is 32.3 Å². The molecule has 0 saturated carbocycles. The Morgan fingerprint density at radius 1 is 1.40 bits per heavy atom. The summed E-state index contributed by atoms with van der Waals surface area (Å²) in [5, 5.41) is 3.09. The molecular weight excluding hydrogens is 269 g/mol. The van der Waals surface area contributed by atoms with Crippen LogP contribution in [0.15, 0.2) is 24.3 Å². The quantitative estimate of drug-likeness (QED) is 0.923. The zero-order valence-corrected chi connectivity index (χ0v) is 11.2. The monoisotopic (exact) mass is 286 g/mol. The smallest absolute Gasteiger partial charge is 0.374 e. The number of rotatable bonds is 4. The van der Waals surface area contributed by atoms with Crippen LogP contribution in [0.1, 0.15) is 18.4 Å². The Labute approximate surface area is 115 Å². The van der Waals surface area contributed by atoms with Crippen LogP contribution in [-0.2, 0) is 11.2 Å². The largest absolute Gasteiger partial charge is 0.389 e. The van der Waals surface area contributed by atoms with E-state index in [-0.39, 0.29) is 18.4 Å². The van der Waals surface area contributed by atoms with Crippen LogP contribution in [0.4, 0.5) is 18.9 Å². The number of likely N-dealkylation sites (tertiary alicyclic amines) is 1. The Bertz CT molecular complexity index is 488. The summed E-state index contributed by atoms with van der Waals surface area (Å²) in [5.41, 5.74) is 1.31. The van der Waals surface area contributed by atoms with Gasteiger partial charge < -0.3 is 10.2 Å². The maximum atomic E-state index is 12.2. The summed E-state index contributed by atoms with van der Waals surface area (Å²) < 4.78 is 36.6. The Morgan fingerprint density at radius 3 is 2.75 bits per heavy atom. The summed E-state index contributed by atoms with van der Waals surface area (Å²) in [7, 11) is 1.74. The van der Waals surface area contributed by atoms with Gasteiger partial charge in [0.25, 0.3) is 0 Å². The molecule has 2 rings (SSSR count). The molecule has 1 aromatic carbocycles. The third-order valence-electron chi connectivity index (χ3n) is 3.39. The first-order valence-electron chi connectivity index (χ1n) is 6.52. The summed E-state index contributed by atoms with van der Waals surface area (Å²) in [6.07, 6.45) is -4.31. The van der Waals surface area contributed by atoms with Gasteiger partial charge in [-0.3, -0.25) is 4.79 Å². The van der Waals surface area contributed by atoms with Crippen LogP contribution in [0.3, 0.4) is 0 Å². The minimum absolute atomic E-state index is 0.0192. The predicted octanol–water partition coefficient (Wildman–Crippen LogP) is 2.82. The number of hydrogen-bond acceptors (Lipinski definition) is 2. The van der Waals surface area contributed by atoms with Gasteiger partial charge in [0.1, 0.15) is 6.04 Å². The average Bonchev–Trinajstić information content (AvgIpc) is 2.68. The van der Waals surface area contributed by atoms with Gasteiger partial charge in [-0.05, 0) is 30.5 Å². The van der Waals surface area contributed by atoms with Crippen molar-refractivity contribution in [3.05, 3.63) is 29.8 Å². The van der Waals surface area contributed by atoms with Gasteiger partial charge in [0.15, 0.2) is 0 Å². The number of carbonyl (C=O) groups is 1. The van der Waals surface area contributed by atoms with Gasteiger partial charge in [0.05, 0.1) is 0 Å². The van der Waals surface area contributed by atoms with Gasteiger partial charge in [-0.25, -0.2) is 0 Å². The minimum Gasteiger partial charge on any atom is -0.374 e. The van der Waals surface area contributed by atoms with Crippen molar-refractivity contribution in [1.82, 2.24) is 4.90 Å². The molecule has 1 aliphatic heterocycles. The molecule has 1 unspecified atom stereocenters. The fraction of sp³-hybridized carbons (Fsp3) is 0.500. The molecule has 1 fully saturated rings. The average molecular weight is 286 g/mol. The number of benzene rings is 1. The van der Waals surface area contributed by atoms with E-state index in [4.69, 9.17) is 0 Å². The van der Waals surface area contributed by atoms with Crippen molar-refractivity contribution in [3.63, 3.8) is 0 Å². The molecule has 0 aromatic heterocycles. The molecule has 0 aliphatic carbocycles. The molecule has 0 radical (unpaired) electrons. The molecule has 6 heteroatoms. The fourth-order valence-corrected chi connectivity index (χ4v) is 2.26. The number of anilines is 1. The number of nitrogens with zero attached hydrogens (tertiary/aromatic N) is 1. The summed E-state index contributed by atoms with van der Waals surface area (Å²) in [5.74, 6) is 0.0192. The molecule has 0 spiro atoms. The lowest BCUT2D eigenvalue weighted by Crippen LogP contribution is -2.30. The second-order valence-electron chi connectivity index (χ2n) is 5.06. The Morgan fingerprint density at radius 2 is 2.15 bits per heavy atom. The third kappa shape index (κ3) is 3.88. The number of alkyl halides is 3. The summed E-state index contributed by atoms with van der Waals surface area (Å²) in [6.45, 7) is 0.699. The molecular formula is C14H17F3N2O. The van der Waals surface area contributed by atoms with E-state index in [9.17, 15) is 18.0 Å². The first-order chi connectivity index (χ1) is 9.35. The Hall–Kier alpha value is -1.72. The van der Waals surface area contributed by atoms with Gasteiger partial charge in [0, 0.05) is 25.7 Å². The van der Waals surface area contributed by atoms with Gasteiger partial charge in [-0.2, -0.15) is 13.2 Å². The first-order valence-corrected chi connectivity index (χ1v) is 6.52. The molecule has 1 aliphatic rings. The number of nitrogens with one attached hydrogen (secondary N) is 1. The first kappa shape index (κ1) is 14.7. The van der Waals surface area contributed by atoms with Gasteiger partial charge >= 0.3 is 6.18 Å². The molecule has 1 atom stereocenters. The highest BCUT2D eigenvalue weighted by atomic mass is 19.4. The molecule has 1 N–H and O–H groups in total. The van der Waals surface area contributed by atoms with E-state index < -0.39 is 12.6 Å². The second kappa shape index (κ2) is 5.73. The highest BCUT2D eigenvalue weighted by Gasteiger charge is 2.29. The van der Waals surface area contributed by atoms with Crippen molar-refractivity contribution >= 4 is 11.6 Å². The van der Waals surface area contributed by atoms with Gasteiger partial charge in [-0.1, -0.05) is 12.1 Å². The van der Waals surface area contributed by atoms with E-state index in [2.05, 4.69) is 5.32 Å². The number of aryl methyl sites for hydroxylation is 1. The minimum atomic E-state index is -4.15. The third-order valence-corrected chi connectivity index (χ3v) is 3.39. The van der Waals surface area contributed by atoms with E-state index >= 15 is 0 Å². The zero-order valence-electron chi connectivity index (χ0n) is 11.2. The SMILES string of the molecule is CN1CCC(Nc2cccc(CCC(F)(F)F)c2)C1=O. The van der Waals surface area contributed by atoms with Crippen LogP contribution in [0.25, 0.3) is 0 Å². The van der Waals surface area contributed by atoms with Crippen LogP contribution in [0.2, 0.25) is 0 Å². The highest BCUT2D eigenvalue weighted by molar-refractivity contribution is 5.86. The highest BCUT2D eigenvalue weighted by Crippen LogP contribution is 2.23. The molecule has 1 heterocycles. The number of hydrogen-bond donors (Lipinski definition) is 1. The number of halogens is 3. The van der Waals surface area contributed by atoms with Crippen LogP contribution < -0.4 is 5.32 Å². The molecule has 3 nitrogen and oxygen atoms in total. The van der Waals surface area contributed by atoms with E-state index in [1.54, 1.807) is 36.2 Å². The van der Waals surface area contributed by atoms with Crippen LogP contribution in [-0.4, -0.2) is 36.6 Å². The molecule has 110 valence electrons. The molecule has 1 saturated heterocycles. The lowest BCUT2D eigenvalue weighted by atomic mass is 10.1. The van der Waals surface area contributed by atoms with Crippen molar-refractivity contribution in [2.75, 3.05) is 18.9 Å². The molecule has 1 aromatic rings. The molecule has 1 amide bonds. The van der Waals surface area contributed by atoms with Gasteiger partial charge in [-0.15, -0.1) is 0 Å². The normalized spacial score (nSPS) is 19.5. The summed E-state index contributed by atoms with van der Waals surface area (Å²) in [4.78, 5) is 13.4. The number of amides is 1. The van der Waals surface area contributed by atoms with E-state index in [0.29, 0.717) is 24.2 Å².